The van der Waals surface area contributed by atoms with Crippen LogP contribution in [-0.4, -0.2) is 32.4 Å². The number of halogens is 2. The van der Waals surface area contributed by atoms with E-state index in [4.69, 9.17) is 25.8 Å². The Morgan fingerprint density at radius 1 is 1.08 bits per heavy atom. The van der Waals surface area contributed by atoms with E-state index in [1.54, 1.807) is 32.5 Å². The van der Waals surface area contributed by atoms with Crippen LogP contribution in [0.25, 0.3) is 10.9 Å². The van der Waals surface area contributed by atoms with Crippen LogP contribution in [0.4, 0.5) is 15.8 Å². The molecule has 0 amide bonds. The van der Waals surface area contributed by atoms with E-state index in [9.17, 15) is 4.39 Å². The normalized spacial score (nSPS) is 10.8. The number of ether oxygens (including phenoxy) is 3. The third-order valence-electron chi connectivity index (χ3n) is 3.77. The summed E-state index contributed by atoms with van der Waals surface area (Å²) < 4.78 is 29.5. The molecule has 0 radical (unpaired) electrons. The van der Waals surface area contributed by atoms with Crippen molar-refractivity contribution < 1.29 is 18.6 Å². The predicted octanol–water partition coefficient (Wildman–Crippen LogP) is 4.80. The smallest absolute Gasteiger partial charge is 0.162 e. The lowest BCUT2D eigenvalue weighted by atomic mass is 10.1. The predicted molar refractivity (Wildman–Crippen MR) is 100 cm³/mol. The summed E-state index contributed by atoms with van der Waals surface area (Å²) >= 11 is 5.86. The van der Waals surface area contributed by atoms with Gasteiger partial charge in [0.05, 0.1) is 24.3 Å². The molecule has 0 aliphatic rings. The minimum Gasteiger partial charge on any atom is -0.493 e. The first kappa shape index (κ1) is 18.2. The summed E-state index contributed by atoms with van der Waals surface area (Å²) in [6, 6.07) is 9.95. The van der Waals surface area contributed by atoms with E-state index in [1.165, 1.54) is 12.1 Å². The topological polar surface area (TPSA) is 52.6 Å². The number of hydrogen-bond donors (Lipinski definition) is 1. The summed E-state index contributed by atoms with van der Waals surface area (Å²) in [5.74, 6) is 0.712. The Hall–Kier alpha value is -2.57. The minimum absolute atomic E-state index is 0.0543. The highest BCUT2D eigenvalue weighted by Crippen LogP contribution is 2.35. The number of aromatic nitrogens is 1. The molecule has 1 heterocycles. The van der Waals surface area contributed by atoms with Crippen molar-refractivity contribution in [3.05, 3.63) is 53.4 Å². The molecule has 26 heavy (non-hydrogen) atoms. The first-order valence-corrected chi connectivity index (χ1v) is 8.30. The number of nitrogens with zero attached hydrogens (tertiary/aromatic N) is 1. The fraction of sp³-hybridized carbons (Fsp3) is 0.211. The monoisotopic (exact) mass is 376 g/mol. The maximum absolute atomic E-state index is 13.4. The molecule has 0 unspecified atom stereocenters. The molecule has 1 aromatic heterocycles. The van der Waals surface area contributed by atoms with Crippen molar-refractivity contribution in [2.24, 2.45) is 0 Å². The van der Waals surface area contributed by atoms with Gasteiger partial charge in [-0.2, -0.15) is 0 Å². The molecule has 3 aromatic rings. The average Bonchev–Trinajstić information content (AvgIpc) is 2.65. The van der Waals surface area contributed by atoms with Gasteiger partial charge >= 0.3 is 0 Å². The number of benzene rings is 2. The van der Waals surface area contributed by atoms with Gasteiger partial charge < -0.3 is 19.5 Å². The van der Waals surface area contributed by atoms with Gasteiger partial charge in [-0.3, -0.25) is 4.98 Å². The molecule has 7 heteroatoms. The number of anilines is 2. The van der Waals surface area contributed by atoms with Gasteiger partial charge in [0.2, 0.25) is 0 Å². The summed E-state index contributed by atoms with van der Waals surface area (Å²) in [4.78, 5) is 4.38. The fourth-order valence-electron chi connectivity index (χ4n) is 2.50. The minimum atomic E-state index is -0.463. The Bertz CT molecular complexity index is 921. The number of fused-ring (bicyclic) bond motifs is 1. The lowest BCUT2D eigenvalue weighted by Gasteiger charge is -2.14. The molecular formula is C19H18ClFN2O3. The molecule has 0 fully saturated rings. The van der Waals surface area contributed by atoms with Crippen LogP contribution >= 0.6 is 11.6 Å². The summed E-state index contributed by atoms with van der Waals surface area (Å²) in [6.45, 7) is 0.863. The first-order valence-electron chi connectivity index (χ1n) is 7.93. The average molecular weight is 377 g/mol. The van der Waals surface area contributed by atoms with E-state index in [-0.39, 0.29) is 5.02 Å². The Balaban J connectivity index is 1.99. The lowest BCUT2D eigenvalue weighted by Crippen LogP contribution is -2.05. The zero-order valence-corrected chi connectivity index (χ0v) is 15.1. The maximum Gasteiger partial charge on any atom is 0.162 e. The van der Waals surface area contributed by atoms with Gasteiger partial charge in [-0.05, 0) is 30.3 Å². The molecule has 0 atom stereocenters. The van der Waals surface area contributed by atoms with Crippen LogP contribution < -0.4 is 14.8 Å². The molecule has 1 N–H and O–H groups in total. The second kappa shape index (κ2) is 8.21. The van der Waals surface area contributed by atoms with Crippen molar-refractivity contribution >= 4 is 33.9 Å². The summed E-state index contributed by atoms with van der Waals surface area (Å²) in [7, 11) is 3.19. The van der Waals surface area contributed by atoms with Crippen molar-refractivity contribution in [2.45, 2.75) is 0 Å². The van der Waals surface area contributed by atoms with Gasteiger partial charge in [0.25, 0.3) is 0 Å². The van der Waals surface area contributed by atoms with Crippen molar-refractivity contribution in [1.82, 2.24) is 4.98 Å². The van der Waals surface area contributed by atoms with Gasteiger partial charge in [-0.25, -0.2) is 4.39 Å². The van der Waals surface area contributed by atoms with Crippen molar-refractivity contribution in [3.63, 3.8) is 0 Å². The highest BCUT2D eigenvalue weighted by molar-refractivity contribution is 6.31. The van der Waals surface area contributed by atoms with E-state index >= 15 is 0 Å². The maximum atomic E-state index is 13.4. The van der Waals surface area contributed by atoms with E-state index in [0.717, 1.165) is 16.6 Å². The highest BCUT2D eigenvalue weighted by atomic mass is 35.5. The van der Waals surface area contributed by atoms with Crippen LogP contribution in [0.3, 0.4) is 0 Å². The van der Waals surface area contributed by atoms with Gasteiger partial charge in [0.1, 0.15) is 12.4 Å². The number of hydrogen-bond acceptors (Lipinski definition) is 5. The van der Waals surface area contributed by atoms with Crippen molar-refractivity contribution in [3.8, 4) is 11.5 Å². The highest BCUT2D eigenvalue weighted by Gasteiger charge is 2.11. The Morgan fingerprint density at radius 3 is 2.65 bits per heavy atom. The Labute approximate surface area is 155 Å². The van der Waals surface area contributed by atoms with Crippen LogP contribution in [0.5, 0.6) is 11.5 Å². The standard InChI is InChI=1S/C19H18ClFN2O3/c1-24-7-8-26-19-10-13-16(5-6-22-17(13)11-18(19)25-2)23-12-3-4-15(21)14(20)9-12/h3-6,9-11H,7-8H2,1-2H3,(H,22,23). The molecule has 0 bridgehead atoms. The van der Waals surface area contributed by atoms with Crippen molar-refractivity contribution in [1.29, 1.82) is 0 Å². The van der Waals surface area contributed by atoms with Crippen LogP contribution in [0.2, 0.25) is 5.02 Å². The lowest BCUT2D eigenvalue weighted by molar-refractivity contribution is 0.144. The van der Waals surface area contributed by atoms with E-state index in [1.807, 2.05) is 12.1 Å². The zero-order valence-electron chi connectivity index (χ0n) is 14.4. The van der Waals surface area contributed by atoms with Crippen LogP contribution in [-0.2, 0) is 4.74 Å². The zero-order chi connectivity index (χ0) is 18.5. The molecule has 136 valence electrons. The van der Waals surface area contributed by atoms with Crippen LogP contribution in [0.15, 0.2) is 42.6 Å². The molecular weight excluding hydrogens is 359 g/mol. The third kappa shape index (κ3) is 3.98. The van der Waals surface area contributed by atoms with Gasteiger partial charge in [-0.15, -0.1) is 0 Å². The quantitative estimate of drug-likeness (QED) is 0.600. The number of nitrogens with one attached hydrogen (secondary N) is 1. The molecule has 0 aliphatic carbocycles. The second-order valence-corrected chi connectivity index (χ2v) is 5.88. The van der Waals surface area contributed by atoms with Gasteiger partial charge in [0, 0.05) is 36.1 Å². The van der Waals surface area contributed by atoms with Gasteiger partial charge in [0.15, 0.2) is 11.5 Å². The van der Waals surface area contributed by atoms with Crippen LogP contribution in [0.1, 0.15) is 0 Å². The van der Waals surface area contributed by atoms with Crippen LogP contribution in [0, 0.1) is 5.82 Å². The van der Waals surface area contributed by atoms with E-state index < -0.39 is 5.82 Å². The summed E-state index contributed by atoms with van der Waals surface area (Å²) in [6.07, 6.45) is 1.68. The largest absolute Gasteiger partial charge is 0.493 e. The summed E-state index contributed by atoms with van der Waals surface area (Å²) in [5.41, 5.74) is 2.19. The molecule has 0 aliphatic heterocycles. The number of rotatable bonds is 7. The molecule has 3 rings (SSSR count). The van der Waals surface area contributed by atoms with E-state index in [2.05, 4.69) is 10.3 Å². The number of pyridine rings is 1. The number of methoxy groups -OCH3 is 2. The molecule has 0 saturated carbocycles. The molecule has 2 aromatic carbocycles. The summed E-state index contributed by atoms with van der Waals surface area (Å²) in [5, 5.41) is 4.12. The SMILES string of the molecule is COCCOc1cc2c(Nc3ccc(F)c(Cl)c3)ccnc2cc1OC. The Morgan fingerprint density at radius 2 is 1.92 bits per heavy atom. The van der Waals surface area contributed by atoms with Crippen molar-refractivity contribution in [2.75, 3.05) is 32.8 Å². The molecule has 5 nitrogen and oxygen atoms in total. The van der Waals surface area contributed by atoms with E-state index in [0.29, 0.717) is 30.4 Å². The molecule has 0 saturated heterocycles. The fourth-order valence-corrected chi connectivity index (χ4v) is 2.68. The Kier molecular flexibility index (Phi) is 5.75. The molecule has 0 spiro atoms. The first-order chi connectivity index (χ1) is 12.6. The van der Waals surface area contributed by atoms with Gasteiger partial charge in [-0.1, -0.05) is 11.6 Å². The second-order valence-electron chi connectivity index (χ2n) is 5.47. The third-order valence-corrected chi connectivity index (χ3v) is 4.06.